The Morgan fingerprint density at radius 2 is 2.00 bits per heavy atom. The number of nitrogens with one attached hydrogen (secondary N) is 1. The molecule has 5 nitrogen and oxygen atoms in total. The first-order valence-electron chi connectivity index (χ1n) is 7.67. The van der Waals surface area contributed by atoms with Crippen molar-refractivity contribution in [2.75, 3.05) is 5.32 Å². The number of nitrogens with zero attached hydrogens (tertiary/aromatic N) is 1. The van der Waals surface area contributed by atoms with E-state index >= 15 is 0 Å². The first kappa shape index (κ1) is 14.4. The Hall–Kier alpha value is -2.18. The van der Waals surface area contributed by atoms with Crippen LogP contribution < -0.4 is 10.8 Å². The van der Waals surface area contributed by atoms with Gasteiger partial charge in [0.05, 0.1) is 11.2 Å². The van der Waals surface area contributed by atoms with Crippen LogP contribution in [0.15, 0.2) is 48.7 Å². The minimum absolute atomic E-state index is 0. The smallest absolute Gasteiger partial charge is 0.399 e. The molecule has 2 fully saturated rings. The molecule has 4 rings (SSSR count). The predicted octanol–water partition coefficient (Wildman–Crippen LogP) is 2.24. The number of benzene rings is 1. The minimum atomic E-state index is -0.415. The van der Waals surface area contributed by atoms with Crippen LogP contribution in [0.4, 0.5) is 5.82 Å². The van der Waals surface area contributed by atoms with E-state index in [1.165, 1.54) is 0 Å². The number of aromatic nitrogens is 1. The summed E-state index contributed by atoms with van der Waals surface area (Å²) in [5.41, 5.74) is 0.998. The number of carbonyl (C=O) groups excluding carboxylic acids is 1. The molecule has 2 heterocycles. The number of fused-ring (bicyclic) bond motifs is 1. The maximum atomic E-state index is 12.3. The van der Waals surface area contributed by atoms with Gasteiger partial charge >= 0.3 is 7.12 Å². The largest absolute Gasteiger partial charge is 0.494 e. The number of anilines is 1. The Morgan fingerprint density at radius 3 is 2.70 bits per heavy atom. The van der Waals surface area contributed by atoms with Gasteiger partial charge in [-0.25, -0.2) is 4.98 Å². The first-order chi connectivity index (χ1) is 11.0. The van der Waals surface area contributed by atoms with Crippen molar-refractivity contribution in [2.24, 2.45) is 0 Å². The van der Waals surface area contributed by atoms with Crippen molar-refractivity contribution in [1.29, 1.82) is 0 Å². The number of hydrogen-bond donors (Lipinski definition) is 1. The monoisotopic (exact) mass is 310 g/mol. The highest BCUT2D eigenvalue weighted by molar-refractivity contribution is 6.62. The molecule has 1 saturated carbocycles. The maximum Gasteiger partial charge on any atom is 0.494 e. The number of pyridine rings is 1. The summed E-state index contributed by atoms with van der Waals surface area (Å²) >= 11 is 0. The van der Waals surface area contributed by atoms with Gasteiger partial charge < -0.3 is 14.6 Å². The quantitative estimate of drug-likeness (QED) is 0.883. The lowest BCUT2D eigenvalue weighted by atomic mass is 9.78. The minimum Gasteiger partial charge on any atom is -0.399 e. The zero-order valence-electron chi connectivity index (χ0n) is 13.1. The van der Waals surface area contributed by atoms with E-state index < -0.39 is 7.12 Å². The van der Waals surface area contributed by atoms with Crippen molar-refractivity contribution in [1.82, 2.24) is 4.98 Å². The van der Waals surface area contributed by atoms with Crippen molar-refractivity contribution in [3.8, 4) is 0 Å². The van der Waals surface area contributed by atoms with Crippen LogP contribution in [0.2, 0.25) is 0 Å². The molecule has 6 heteroatoms. The molecule has 1 aromatic carbocycles. The molecule has 23 heavy (non-hydrogen) atoms. The fourth-order valence-electron chi connectivity index (χ4n) is 3.02. The van der Waals surface area contributed by atoms with Gasteiger partial charge in [0.2, 0.25) is 0 Å². The molecule has 2 atom stereocenters. The van der Waals surface area contributed by atoms with Crippen LogP contribution in [0.3, 0.4) is 0 Å². The molecular weight excluding hydrogens is 291 g/mol. The van der Waals surface area contributed by atoms with Gasteiger partial charge in [-0.05, 0) is 43.6 Å². The third-order valence-electron chi connectivity index (χ3n) is 4.73. The third kappa shape index (κ3) is 2.44. The Balaban J connectivity index is 0.00000169. The summed E-state index contributed by atoms with van der Waals surface area (Å²) in [5.74, 6) is 0.323. The molecule has 0 radical (unpaired) electrons. The fraction of sp³-hybridized carbons (Fsp3) is 0.294. The molecule has 118 valence electrons. The number of amides is 1. The van der Waals surface area contributed by atoms with Crippen LogP contribution in [0.5, 0.6) is 0 Å². The Labute approximate surface area is 136 Å². The summed E-state index contributed by atoms with van der Waals surface area (Å²) in [7, 11) is -0.415. The average molecular weight is 310 g/mol. The lowest BCUT2D eigenvalue weighted by Crippen LogP contribution is -2.36. The lowest BCUT2D eigenvalue weighted by Gasteiger charge is -2.12. The van der Waals surface area contributed by atoms with Crippen LogP contribution in [0, 0.1) is 0 Å². The van der Waals surface area contributed by atoms with Crippen molar-refractivity contribution < 1.29 is 15.5 Å². The van der Waals surface area contributed by atoms with Crippen LogP contribution in [0.1, 0.15) is 32.1 Å². The van der Waals surface area contributed by atoms with E-state index in [0.29, 0.717) is 11.4 Å². The van der Waals surface area contributed by atoms with Crippen LogP contribution in [-0.2, 0) is 9.31 Å². The zero-order valence-corrected chi connectivity index (χ0v) is 13.1. The highest BCUT2D eigenvalue weighted by atomic mass is 16.7. The Bertz CT molecular complexity index is 759. The molecule has 0 spiro atoms. The summed E-state index contributed by atoms with van der Waals surface area (Å²) in [4.78, 5) is 16.4. The summed E-state index contributed by atoms with van der Waals surface area (Å²) in [6.45, 7) is 4.12. The third-order valence-corrected chi connectivity index (χ3v) is 4.73. The summed E-state index contributed by atoms with van der Waals surface area (Å²) in [6.07, 6.45) is 2.55. The predicted molar refractivity (Wildman–Crippen MR) is 89.7 cm³/mol. The molecule has 1 aromatic heterocycles. The second-order valence-corrected chi connectivity index (χ2v) is 6.50. The topological polar surface area (TPSA) is 60.5 Å². The van der Waals surface area contributed by atoms with Gasteiger partial charge in [-0.2, -0.15) is 0 Å². The first-order valence-corrected chi connectivity index (χ1v) is 7.67. The highest BCUT2D eigenvalue weighted by Crippen LogP contribution is 2.58. The zero-order chi connectivity index (χ0) is 16.1. The van der Waals surface area contributed by atoms with Gasteiger partial charge in [0, 0.05) is 19.6 Å². The summed E-state index contributed by atoms with van der Waals surface area (Å²) < 4.78 is 12.0. The maximum absolute atomic E-state index is 12.3. The van der Waals surface area contributed by atoms with Crippen LogP contribution in [-0.4, -0.2) is 29.2 Å². The lowest BCUT2D eigenvalue weighted by molar-refractivity contribution is 0.102. The van der Waals surface area contributed by atoms with Crippen molar-refractivity contribution in [2.45, 2.75) is 31.5 Å². The van der Waals surface area contributed by atoms with E-state index in [1.807, 2.05) is 18.2 Å². The van der Waals surface area contributed by atoms with Crippen molar-refractivity contribution >= 4 is 24.3 Å². The Kier molecular flexibility index (Phi) is 3.08. The van der Waals surface area contributed by atoms with Crippen molar-refractivity contribution in [3.63, 3.8) is 0 Å². The van der Waals surface area contributed by atoms with Crippen molar-refractivity contribution in [3.05, 3.63) is 54.2 Å². The number of rotatable bonds is 3. The van der Waals surface area contributed by atoms with Gasteiger partial charge in [0.15, 0.2) is 0 Å². The Morgan fingerprint density at radius 1 is 1.22 bits per heavy atom. The van der Waals surface area contributed by atoms with Gasteiger partial charge in [-0.15, -0.1) is 0 Å². The highest BCUT2D eigenvalue weighted by Gasteiger charge is 2.71. The molecule has 1 saturated heterocycles. The molecule has 2 unspecified atom stereocenters. The van der Waals surface area contributed by atoms with Crippen LogP contribution in [0.25, 0.3) is 0 Å². The fourth-order valence-corrected chi connectivity index (χ4v) is 3.02. The van der Waals surface area contributed by atoms with Gasteiger partial charge in [0.1, 0.15) is 5.82 Å². The molecule has 0 bridgehead atoms. The van der Waals surface area contributed by atoms with E-state index in [1.54, 1.807) is 30.5 Å². The number of carbonyl (C=O) groups is 1. The van der Waals surface area contributed by atoms with Gasteiger partial charge in [-0.3, -0.25) is 4.79 Å². The second-order valence-electron chi connectivity index (χ2n) is 6.50. The molecule has 1 aliphatic heterocycles. The summed E-state index contributed by atoms with van der Waals surface area (Å²) in [5, 5.41) is 2.78. The number of hydrogen-bond acceptors (Lipinski definition) is 4. The second kappa shape index (κ2) is 4.91. The van der Waals surface area contributed by atoms with E-state index in [0.717, 1.165) is 11.9 Å². The molecule has 2 aromatic rings. The standard InChI is InChI=1S/C17H17BN2O3.H2/c1-16-11-17(16,2)23-18(22-16)13-7-5-6-12(10-13)15(21)20-14-8-3-4-9-19-14;/h3-10H,11H2,1-2H3,(H,19,20,21);1H. The van der Waals surface area contributed by atoms with E-state index in [4.69, 9.17) is 9.31 Å². The van der Waals surface area contributed by atoms with E-state index in [-0.39, 0.29) is 18.5 Å². The average Bonchev–Trinajstić information content (AvgIpc) is 2.97. The molecule has 1 aliphatic carbocycles. The van der Waals surface area contributed by atoms with Gasteiger partial charge in [0.25, 0.3) is 5.91 Å². The van der Waals surface area contributed by atoms with Crippen LogP contribution >= 0.6 is 0 Å². The molecule has 1 amide bonds. The van der Waals surface area contributed by atoms with E-state index in [9.17, 15) is 4.79 Å². The normalized spacial score (nSPS) is 28.3. The molecule has 1 N–H and O–H groups in total. The van der Waals surface area contributed by atoms with Gasteiger partial charge in [-0.1, -0.05) is 18.2 Å². The molecule has 2 aliphatic rings. The molecular formula is C17H19BN2O3. The SMILES string of the molecule is CC12CC1(C)OB(c1cccc(C(=O)Nc3ccccn3)c1)O2.[HH]. The summed E-state index contributed by atoms with van der Waals surface area (Å²) in [6, 6.07) is 12.7. The van der Waals surface area contributed by atoms with E-state index in [2.05, 4.69) is 24.1 Å².